The highest BCUT2D eigenvalue weighted by Crippen LogP contribution is 2.37. The summed E-state index contributed by atoms with van der Waals surface area (Å²) in [6.45, 7) is 4.86. The molecule has 2 aliphatic rings. The van der Waals surface area contributed by atoms with Crippen LogP contribution in [-0.2, 0) is 17.1 Å². The highest BCUT2D eigenvalue weighted by atomic mass is 32.1. The van der Waals surface area contributed by atoms with Crippen LogP contribution in [-0.4, -0.2) is 55.4 Å². The molecule has 1 aromatic carbocycles. The zero-order chi connectivity index (χ0) is 22.6. The fourth-order valence-electron chi connectivity index (χ4n) is 4.07. The van der Waals surface area contributed by atoms with Crippen molar-refractivity contribution in [2.24, 2.45) is 0 Å². The van der Waals surface area contributed by atoms with Crippen LogP contribution in [0.1, 0.15) is 36.8 Å². The molecule has 0 radical (unpaired) electrons. The minimum absolute atomic E-state index is 0.108. The third-order valence-corrected chi connectivity index (χ3v) is 6.09. The molecule has 3 rings (SSSR count). The second kappa shape index (κ2) is 9.91. The maximum absolute atomic E-state index is 13.1. The smallest absolute Gasteiger partial charge is 0.370 e. The molecule has 11 heteroatoms. The van der Waals surface area contributed by atoms with Gasteiger partial charge in [-0.25, -0.2) is 0 Å². The van der Waals surface area contributed by atoms with Gasteiger partial charge in [-0.1, -0.05) is 0 Å². The van der Waals surface area contributed by atoms with Crippen molar-refractivity contribution in [1.29, 1.82) is 0 Å². The summed E-state index contributed by atoms with van der Waals surface area (Å²) in [7, 11) is 0. The minimum Gasteiger partial charge on any atom is -0.370 e. The van der Waals surface area contributed by atoms with Gasteiger partial charge in [-0.3, -0.25) is 0 Å². The van der Waals surface area contributed by atoms with Gasteiger partial charge in [0.15, 0.2) is 5.11 Å². The second-order valence-corrected chi connectivity index (χ2v) is 8.36. The Hall–Kier alpha value is -1.59. The number of likely N-dealkylation sites (tertiary alicyclic amines) is 1. The van der Waals surface area contributed by atoms with Crippen LogP contribution in [0, 0.1) is 0 Å². The fraction of sp³-hybridized carbons (Fsp3) is 0.650. The molecule has 2 aliphatic heterocycles. The molecule has 0 saturated carbocycles. The van der Waals surface area contributed by atoms with Crippen LogP contribution in [0.15, 0.2) is 18.2 Å². The zero-order valence-electron chi connectivity index (χ0n) is 16.9. The lowest BCUT2D eigenvalue weighted by atomic mass is 9.99. The van der Waals surface area contributed by atoms with Crippen molar-refractivity contribution in [2.45, 2.75) is 44.1 Å². The first kappa shape index (κ1) is 24.1. The second-order valence-electron chi connectivity index (χ2n) is 7.97. The summed E-state index contributed by atoms with van der Waals surface area (Å²) >= 11 is 5.40. The van der Waals surface area contributed by atoms with E-state index in [1.165, 1.54) is 4.90 Å². The SMILES string of the molecule is FC(F)(F)c1cc(NC(=S)N2CCCC[C@@H]2CC[NH+]2CCOCC2)cc(C(F)(F)F)c1. The van der Waals surface area contributed by atoms with E-state index in [4.69, 9.17) is 17.0 Å². The van der Waals surface area contributed by atoms with Crippen molar-refractivity contribution in [3.8, 4) is 0 Å². The van der Waals surface area contributed by atoms with Crippen LogP contribution in [0.3, 0.4) is 0 Å². The molecule has 0 spiro atoms. The standard InChI is InChI=1S/C20H25F6N3OS/c21-19(22,23)14-11-15(20(24,25)26)13-16(12-14)27-18(31)29-5-2-1-3-17(29)4-6-28-7-9-30-10-8-28/h11-13,17H,1-10H2,(H,27,31)/p+1/t17-/m1/s1. The van der Waals surface area contributed by atoms with Gasteiger partial charge in [0.05, 0.1) is 30.9 Å². The quantitative estimate of drug-likeness (QED) is 0.520. The first-order valence-electron chi connectivity index (χ1n) is 10.3. The number of piperidine rings is 1. The Morgan fingerprint density at radius 3 is 2.23 bits per heavy atom. The number of morpholine rings is 1. The number of halogens is 6. The highest BCUT2D eigenvalue weighted by Gasteiger charge is 2.37. The molecule has 1 atom stereocenters. The minimum atomic E-state index is -4.89. The lowest BCUT2D eigenvalue weighted by molar-refractivity contribution is -0.908. The van der Waals surface area contributed by atoms with Gasteiger partial charge in [-0.15, -0.1) is 0 Å². The van der Waals surface area contributed by atoms with E-state index in [0.717, 1.165) is 58.5 Å². The maximum atomic E-state index is 13.1. The molecule has 4 nitrogen and oxygen atoms in total. The lowest BCUT2D eigenvalue weighted by Gasteiger charge is -2.38. The highest BCUT2D eigenvalue weighted by molar-refractivity contribution is 7.80. The van der Waals surface area contributed by atoms with E-state index in [-0.39, 0.29) is 22.9 Å². The Bertz CT molecular complexity index is 732. The lowest BCUT2D eigenvalue weighted by Crippen LogP contribution is -3.14. The number of rotatable bonds is 4. The van der Waals surface area contributed by atoms with E-state index >= 15 is 0 Å². The maximum Gasteiger partial charge on any atom is 0.416 e. The van der Waals surface area contributed by atoms with Gasteiger partial charge in [0.2, 0.25) is 0 Å². The molecule has 2 saturated heterocycles. The van der Waals surface area contributed by atoms with Gasteiger partial charge in [0.25, 0.3) is 0 Å². The molecule has 2 heterocycles. The van der Waals surface area contributed by atoms with E-state index in [9.17, 15) is 26.3 Å². The fourth-order valence-corrected chi connectivity index (χ4v) is 4.43. The number of alkyl halides is 6. The molecule has 2 fully saturated rings. The van der Waals surface area contributed by atoms with Crippen LogP contribution in [0.25, 0.3) is 0 Å². The molecule has 0 bridgehead atoms. The third-order valence-electron chi connectivity index (χ3n) is 5.76. The Kier molecular flexibility index (Phi) is 7.69. The normalized spacial score (nSPS) is 21.2. The summed E-state index contributed by atoms with van der Waals surface area (Å²) in [5.74, 6) is 0. The van der Waals surface area contributed by atoms with Crippen LogP contribution < -0.4 is 10.2 Å². The van der Waals surface area contributed by atoms with E-state index in [1.54, 1.807) is 0 Å². The van der Waals surface area contributed by atoms with Crippen LogP contribution in [0.5, 0.6) is 0 Å². The Balaban J connectivity index is 1.72. The summed E-state index contributed by atoms with van der Waals surface area (Å²) in [5.41, 5.74) is -3.03. The first-order chi connectivity index (χ1) is 14.5. The molecule has 0 aromatic heterocycles. The molecular weight excluding hydrogens is 444 g/mol. The molecule has 0 unspecified atom stereocenters. The molecule has 31 heavy (non-hydrogen) atoms. The number of hydrogen-bond acceptors (Lipinski definition) is 2. The van der Waals surface area contributed by atoms with Gasteiger partial charge in [0, 0.05) is 24.7 Å². The van der Waals surface area contributed by atoms with Crippen molar-refractivity contribution in [1.82, 2.24) is 4.90 Å². The summed E-state index contributed by atoms with van der Waals surface area (Å²) in [6, 6.07) is 1.55. The van der Waals surface area contributed by atoms with Gasteiger partial charge < -0.3 is 19.9 Å². The van der Waals surface area contributed by atoms with Crippen LogP contribution >= 0.6 is 12.2 Å². The summed E-state index contributed by atoms with van der Waals surface area (Å²) in [4.78, 5) is 3.34. The zero-order valence-corrected chi connectivity index (χ0v) is 17.7. The molecule has 0 aliphatic carbocycles. The van der Waals surface area contributed by atoms with Crippen molar-refractivity contribution in [3.63, 3.8) is 0 Å². The van der Waals surface area contributed by atoms with E-state index < -0.39 is 23.5 Å². The first-order valence-corrected chi connectivity index (χ1v) is 10.7. The number of ether oxygens (including phenoxy) is 1. The van der Waals surface area contributed by atoms with Gasteiger partial charge in [0.1, 0.15) is 13.1 Å². The molecule has 2 N–H and O–H groups in total. The number of hydrogen-bond donors (Lipinski definition) is 2. The number of thiocarbonyl (C=S) groups is 1. The van der Waals surface area contributed by atoms with Crippen molar-refractivity contribution in [3.05, 3.63) is 29.3 Å². The number of anilines is 1. The monoisotopic (exact) mass is 470 g/mol. The van der Waals surface area contributed by atoms with Crippen LogP contribution in [0.2, 0.25) is 0 Å². The summed E-state index contributed by atoms with van der Waals surface area (Å²) in [6.07, 6.45) is -6.15. The average molecular weight is 471 g/mol. The van der Waals surface area contributed by atoms with E-state index in [0.29, 0.717) is 18.7 Å². The number of nitrogens with zero attached hydrogens (tertiary/aromatic N) is 1. The molecular formula is C20H26F6N3OS+. The van der Waals surface area contributed by atoms with Crippen molar-refractivity contribution >= 4 is 23.0 Å². The predicted molar refractivity (Wildman–Crippen MR) is 108 cm³/mol. The number of nitrogens with one attached hydrogen (secondary N) is 2. The summed E-state index contributed by atoms with van der Waals surface area (Å²) < 4.78 is 84.1. The van der Waals surface area contributed by atoms with E-state index in [1.807, 2.05) is 4.90 Å². The topological polar surface area (TPSA) is 28.9 Å². The molecule has 0 amide bonds. The predicted octanol–water partition coefficient (Wildman–Crippen LogP) is 3.58. The number of quaternary nitrogens is 1. The van der Waals surface area contributed by atoms with Gasteiger partial charge >= 0.3 is 12.4 Å². The molecule has 1 aromatic rings. The van der Waals surface area contributed by atoms with Gasteiger partial charge in [-0.05, 0) is 49.7 Å². The third kappa shape index (κ3) is 6.69. The average Bonchev–Trinajstić information content (AvgIpc) is 2.71. The Morgan fingerprint density at radius 1 is 1.03 bits per heavy atom. The van der Waals surface area contributed by atoms with Gasteiger partial charge in [-0.2, -0.15) is 26.3 Å². The van der Waals surface area contributed by atoms with Crippen molar-refractivity contribution in [2.75, 3.05) is 44.7 Å². The van der Waals surface area contributed by atoms with Crippen molar-refractivity contribution < 1.29 is 36.0 Å². The Morgan fingerprint density at radius 2 is 1.65 bits per heavy atom. The largest absolute Gasteiger partial charge is 0.416 e. The molecule has 174 valence electrons. The van der Waals surface area contributed by atoms with Crippen LogP contribution in [0.4, 0.5) is 32.0 Å². The van der Waals surface area contributed by atoms with E-state index in [2.05, 4.69) is 5.32 Å². The summed E-state index contributed by atoms with van der Waals surface area (Å²) in [5, 5.41) is 2.80. The Labute approximate surface area is 182 Å². The number of benzene rings is 1.